The number of halogens is 3. The highest BCUT2D eigenvalue weighted by Crippen LogP contribution is 2.32. The molecule has 186 valence electrons. The first-order chi connectivity index (χ1) is 17.2. The van der Waals surface area contributed by atoms with Crippen LogP contribution in [-0.2, 0) is 6.18 Å². The molecule has 0 spiro atoms. The molecular formula is C27H25F3N4OS. The maximum atomic E-state index is 13.7. The average molecular weight is 511 g/mol. The van der Waals surface area contributed by atoms with Crippen LogP contribution in [0.15, 0.2) is 66.0 Å². The Morgan fingerprint density at radius 1 is 0.944 bits per heavy atom. The van der Waals surface area contributed by atoms with Crippen molar-refractivity contribution in [3.63, 3.8) is 0 Å². The number of anilines is 1. The van der Waals surface area contributed by atoms with Crippen LogP contribution in [0.3, 0.4) is 0 Å². The minimum atomic E-state index is -4.39. The number of thiophene rings is 1. The molecule has 1 aliphatic heterocycles. The van der Waals surface area contributed by atoms with Crippen LogP contribution in [0.1, 0.15) is 27.2 Å². The van der Waals surface area contributed by atoms with Crippen molar-refractivity contribution in [3.8, 4) is 16.3 Å². The summed E-state index contributed by atoms with van der Waals surface area (Å²) in [6.45, 7) is 5.69. The molecule has 0 bridgehead atoms. The molecule has 0 aliphatic carbocycles. The average Bonchev–Trinajstić information content (AvgIpc) is 3.55. The molecule has 1 aliphatic rings. The summed E-state index contributed by atoms with van der Waals surface area (Å²) in [6.07, 6.45) is -4.39. The summed E-state index contributed by atoms with van der Waals surface area (Å²) < 4.78 is 41.2. The highest BCUT2D eigenvalue weighted by atomic mass is 32.1. The lowest BCUT2D eigenvalue weighted by Crippen LogP contribution is -2.49. The van der Waals surface area contributed by atoms with E-state index < -0.39 is 11.7 Å². The van der Waals surface area contributed by atoms with Crippen LogP contribution < -0.4 is 4.90 Å². The molecule has 0 unspecified atom stereocenters. The SMILES string of the molecule is Cc1ccc(C)c(-n2nc(-c3cccs3)cc2C(=O)N2CCN(c3cccc(C(F)(F)F)c3)CC2)c1. The number of carbonyl (C=O) groups is 1. The molecule has 9 heteroatoms. The van der Waals surface area contributed by atoms with Crippen LogP contribution in [0.4, 0.5) is 18.9 Å². The fourth-order valence-corrected chi connectivity index (χ4v) is 5.10. The van der Waals surface area contributed by atoms with Gasteiger partial charge in [0.1, 0.15) is 11.4 Å². The van der Waals surface area contributed by atoms with Crippen molar-refractivity contribution >= 4 is 22.9 Å². The zero-order chi connectivity index (χ0) is 25.4. The smallest absolute Gasteiger partial charge is 0.368 e. The van der Waals surface area contributed by atoms with E-state index >= 15 is 0 Å². The zero-order valence-electron chi connectivity index (χ0n) is 19.9. The summed E-state index contributed by atoms with van der Waals surface area (Å²) in [5.74, 6) is -0.144. The van der Waals surface area contributed by atoms with Gasteiger partial charge in [0, 0.05) is 31.9 Å². The van der Waals surface area contributed by atoms with Gasteiger partial charge < -0.3 is 9.80 Å². The zero-order valence-corrected chi connectivity index (χ0v) is 20.7. The van der Waals surface area contributed by atoms with Crippen molar-refractivity contribution in [1.29, 1.82) is 0 Å². The van der Waals surface area contributed by atoms with E-state index in [2.05, 4.69) is 0 Å². The standard InChI is InChI=1S/C27H25F3N4OS/c1-18-8-9-19(2)23(15-18)34-24(17-22(31-34)25-7-4-14-36-25)26(35)33-12-10-32(11-13-33)21-6-3-5-20(16-21)27(28,29)30/h3-9,14-17H,10-13H2,1-2H3. The molecule has 0 radical (unpaired) electrons. The Morgan fingerprint density at radius 2 is 1.72 bits per heavy atom. The summed E-state index contributed by atoms with van der Waals surface area (Å²) in [5.41, 5.74) is 3.97. The van der Waals surface area contributed by atoms with Gasteiger partial charge in [-0.1, -0.05) is 24.3 Å². The van der Waals surface area contributed by atoms with Gasteiger partial charge in [0.25, 0.3) is 5.91 Å². The molecule has 4 aromatic rings. The first kappa shape index (κ1) is 24.1. The number of amides is 1. The van der Waals surface area contributed by atoms with E-state index in [1.165, 1.54) is 12.1 Å². The number of hydrogen-bond acceptors (Lipinski definition) is 4. The van der Waals surface area contributed by atoms with Gasteiger partial charge in [-0.05, 0) is 66.8 Å². The topological polar surface area (TPSA) is 41.4 Å². The summed E-state index contributed by atoms with van der Waals surface area (Å²) in [7, 11) is 0. The van der Waals surface area contributed by atoms with Gasteiger partial charge >= 0.3 is 6.18 Å². The quantitative estimate of drug-likeness (QED) is 0.328. The first-order valence-electron chi connectivity index (χ1n) is 11.6. The fraction of sp³-hybridized carbons (Fsp3) is 0.259. The molecule has 5 rings (SSSR count). The van der Waals surface area contributed by atoms with Crippen molar-refractivity contribution in [1.82, 2.24) is 14.7 Å². The first-order valence-corrected chi connectivity index (χ1v) is 12.5. The van der Waals surface area contributed by atoms with Crippen molar-refractivity contribution < 1.29 is 18.0 Å². The molecule has 1 saturated heterocycles. The van der Waals surface area contributed by atoms with E-state index in [9.17, 15) is 18.0 Å². The second kappa shape index (κ2) is 9.46. The van der Waals surface area contributed by atoms with Crippen LogP contribution in [0, 0.1) is 13.8 Å². The number of rotatable bonds is 4. The number of nitrogens with zero attached hydrogens (tertiary/aromatic N) is 4. The van der Waals surface area contributed by atoms with Gasteiger partial charge in [-0.3, -0.25) is 4.79 Å². The predicted molar refractivity (Wildman–Crippen MR) is 136 cm³/mol. The van der Waals surface area contributed by atoms with Crippen molar-refractivity contribution in [3.05, 3.63) is 88.4 Å². The minimum absolute atomic E-state index is 0.144. The number of benzene rings is 2. The summed E-state index contributed by atoms with van der Waals surface area (Å²) in [4.78, 5) is 18.3. The lowest BCUT2D eigenvalue weighted by atomic mass is 10.1. The van der Waals surface area contributed by atoms with Crippen molar-refractivity contribution in [2.45, 2.75) is 20.0 Å². The van der Waals surface area contributed by atoms with Crippen molar-refractivity contribution in [2.24, 2.45) is 0 Å². The predicted octanol–water partition coefficient (Wildman–Crippen LogP) is 6.20. The number of piperazine rings is 1. The highest BCUT2D eigenvalue weighted by molar-refractivity contribution is 7.13. The molecule has 36 heavy (non-hydrogen) atoms. The molecule has 1 fully saturated rings. The van der Waals surface area contributed by atoms with Gasteiger partial charge in [0.15, 0.2) is 0 Å². The number of aromatic nitrogens is 2. The second-order valence-electron chi connectivity index (χ2n) is 8.92. The molecule has 0 saturated carbocycles. The van der Waals surface area contributed by atoms with Gasteiger partial charge in [0.2, 0.25) is 0 Å². The van der Waals surface area contributed by atoms with Gasteiger partial charge in [0.05, 0.1) is 16.1 Å². The summed E-state index contributed by atoms with van der Waals surface area (Å²) >= 11 is 1.56. The van der Waals surface area contributed by atoms with Crippen molar-refractivity contribution in [2.75, 3.05) is 31.1 Å². The Bertz CT molecular complexity index is 1390. The Kier molecular flexibility index (Phi) is 6.34. The molecule has 3 heterocycles. The second-order valence-corrected chi connectivity index (χ2v) is 9.87. The lowest BCUT2D eigenvalue weighted by Gasteiger charge is -2.36. The Hall–Kier alpha value is -3.59. The fourth-order valence-electron chi connectivity index (χ4n) is 4.42. The van der Waals surface area contributed by atoms with E-state index in [-0.39, 0.29) is 5.91 Å². The van der Waals surface area contributed by atoms with Gasteiger partial charge in [-0.25, -0.2) is 4.68 Å². The van der Waals surface area contributed by atoms with Crippen LogP contribution in [-0.4, -0.2) is 46.8 Å². The Balaban J connectivity index is 1.41. The monoisotopic (exact) mass is 510 g/mol. The third-order valence-corrected chi connectivity index (χ3v) is 7.29. The van der Waals surface area contributed by atoms with Gasteiger partial charge in [-0.15, -0.1) is 11.3 Å². The summed E-state index contributed by atoms with van der Waals surface area (Å²) in [6, 6.07) is 17.1. The maximum absolute atomic E-state index is 13.7. The number of hydrogen-bond donors (Lipinski definition) is 0. The third-order valence-electron chi connectivity index (χ3n) is 6.40. The number of aryl methyl sites for hydroxylation is 2. The van der Waals surface area contributed by atoms with E-state index in [1.54, 1.807) is 27.0 Å². The number of carbonyl (C=O) groups excluding carboxylic acids is 1. The van der Waals surface area contributed by atoms with Crippen LogP contribution >= 0.6 is 11.3 Å². The van der Waals surface area contributed by atoms with E-state index in [0.717, 1.165) is 33.5 Å². The molecule has 2 aromatic heterocycles. The largest absolute Gasteiger partial charge is 0.416 e. The molecule has 0 N–H and O–H groups in total. The van der Waals surface area contributed by atoms with Gasteiger partial charge in [-0.2, -0.15) is 18.3 Å². The normalized spacial score (nSPS) is 14.4. The van der Waals surface area contributed by atoms with Crippen LogP contribution in [0.5, 0.6) is 0 Å². The lowest BCUT2D eigenvalue weighted by molar-refractivity contribution is -0.137. The maximum Gasteiger partial charge on any atom is 0.416 e. The van der Waals surface area contributed by atoms with Crippen LogP contribution in [0.25, 0.3) is 16.3 Å². The molecule has 2 aromatic carbocycles. The molecule has 5 nitrogen and oxygen atoms in total. The van der Waals surface area contributed by atoms with E-state index in [0.29, 0.717) is 37.6 Å². The Morgan fingerprint density at radius 3 is 2.42 bits per heavy atom. The summed E-state index contributed by atoms with van der Waals surface area (Å²) in [5, 5.41) is 6.77. The highest BCUT2D eigenvalue weighted by Gasteiger charge is 2.32. The third kappa shape index (κ3) is 4.75. The molecule has 0 atom stereocenters. The molecule has 1 amide bonds. The number of alkyl halides is 3. The Labute approximate surface area is 211 Å². The minimum Gasteiger partial charge on any atom is -0.368 e. The van der Waals surface area contributed by atoms with Crippen LogP contribution in [0.2, 0.25) is 0 Å². The van der Waals surface area contributed by atoms with E-state index in [1.807, 2.05) is 60.5 Å². The van der Waals surface area contributed by atoms with E-state index in [4.69, 9.17) is 5.10 Å². The molecular weight excluding hydrogens is 485 g/mol.